The second-order valence-electron chi connectivity index (χ2n) is 4.24. The molecule has 2 N–H and O–H groups in total. The van der Waals surface area contributed by atoms with Crippen molar-refractivity contribution in [1.82, 2.24) is 0 Å². The second-order valence-corrected chi connectivity index (χ2v) is 4.24. The molecule has 1 heterocycles. The Morgan fingerprint density at radius 1 is 1.21 bits per heavy atom. The molecule has 0 saturated heterocycles. The molecule has 0 bridgehead atoms. The van der Waals surface area contributed by atoms with E-state index in [-0.39, 0.29) is 30.7 Å². The molecular formula is C13H11NO5. The SMILES string of the molecule is O=C(O)CCC(=O)C(=O)c1ccc2c(c1)CC(=O)N2. The number of carboxylic acid groups (broad SMARTS) is 1. The zero-order valence-electron chi connectivity index (χ0n) is 9.93. The van der Waals surface area contributed by atoms with Crippen LogP contribution in [-0.4, -0.2) is 28.5 Å². The number of ketones is 2. The fraction of sp³-hybridized carbons (Fsp3) is 0.231. The minimum Gasteiger partial charge on any atom is -0.481 e. The summed E-state index contributed by atoms with van der Waals surface area (Å²) >= 11 is 0. The number of amides is 1. The summed E-state index contributed by atoms with van der Waals surface area (Å²) in [5, 5.41) is 11.1. The summed E-state index contributed by atoms with van der Waals surface area (Å²) in [4.78, 5) is 44.8. The van der Waals surface area contributed by atoms with Crippen LogP contribution in [0, 0.1) is 0 Å². The number of carboxylic acids is 1. The van der Waals surface area contributed by atoms with E-state index in [0.29, 0.717) is 11.3 Å². The summed E-state index contributed by atoms with van der Waals surface area (Å²) in [6, 6.07) is 4.51. The van der Waals surface area contributed by atoms with E-state index in [0.717, 1.165) is 0 Å². The van der Waals surface area contributed by atoms with E-state index in [1.165, 1.54) is 12.1 Å². The number of anilines is 1. The number of carbonyl (C=O) groups excluding carboxylic acids is 3. The number of hydrogen-bond donors (Lipinski definition) is 2. The van der Waals surface area contributed by atoms with Crippen LogP contribution in [0.4, 0.5) is 5.69 Å². The topological polar surface area (TPSA) is 101 Å². The maximum absolute atomic E-state index is 11.8. The molecular weight excluding hydrogens is 250 g/mol. The van der Waals surface area contributed by atoms with E-state index in [9.17, 15) is 19.2 Å². The van der Waals surface area contributed by atoms with Gasteiger partial charge in [-0.3, -0.25) is 19.2 Å². The Kier molecular flexibility index (Phi) is 3.41. The molecule has 0 aromatic heterocycles. The van der Waals surface area contributed by atoms with Crippen LogP contribution in [0.15, 0.2) is 18.2 Å². The minimum atomic E-state index is -1.12. The molecule has 0 unspecified atom stereocenters. The first kappa shape index (κ1) is 12.9. The normalized spacial score (nSPS) is 12.7. The molecule has 1 amide bonds. The van der Waals surface area contributed by atoms with Crippen molar-refractivity contribution in [3.05, 3.63) is 29.3 Å². The lowest BCUT2D eigenvalue weighted by molar-refractivity contribution is -0.138. The monoisotopic (exact) mass is 261 g/mol. The zero-order chi connectivity index (χ0) is 14.0. The third kappa shape index (κ3) is 2.85. The number of Topliss-reactive ketones (excluding diaryl/α,β-unsaturated/α-hetero) is 2. The van der Waals surface area contributed by atoms with E-state index in [1.807, 2.05) is 0 Å². The van der Waals surface area contributed by atoms with Crippen molar-refractivity contribution in [3.8, 4) is 0 Å². The molecule has 0 aliphatic carbocycles. The van der Waals surface area contributed by atoms with Crippen LogP contribution in [0.3, 0.4) is 0 Å². The van der Waals surface area contributed by atoms with Crippen LogP contribution in [0.1, 0.15) is 28.8 Å². The Morgan fingerprint density at radius 3 is 2.63 bits per heavy atom. The molecule has 1 aliphatic rings. The first-order chi connectivity index (χ1) is 8.97. The van der Waals surface area contributed by atoms with Crippen molar-refractivity contribution in [1.29, 1.82) is 0 Å². The van der Waals surface area contributed by atoms with Gasteiger partial charge in [0.1, 0.15) is 0 Å². The van der Waals surface area contributed by atoms with Crippen LogP contribution in [0.25, 0.3) is 0 Å². The summed E-state index contributed by atoms with van der Waals surface area (Å²) < 4.78 is 0. The molecule has 0 saturated carbocycles. The Morgan fingerprint density at radius 2 is 1.95 bits per heavy atom. The third-order valence-corrected chi connectivity index (χ3v) is 2.81. The van der Waals surface area contributed by atoms with Gasteiger partial charge in [-0.1, -0.05) is 0 Å². The van der Waals surface area contributed by atoms with E-state index >= 15 is 0 Å². The number of nitrogens with one attached hydrogen (secondary N) is 1. The Hall–Kier alpha value is -2.50. The highest BCUT2D eigenvalue weighted by atomic mass is 16.4. The molecule has 0 radical (unpaired) electrons. The van der Waals surface area contributed by atoms with E-state index in [2.05, 4.69) is 5.32 Å². The van der Waals surface area contributed by atoms with Gasteiger partial charge in [0.25, 0.3) is 0 Å². The molecule has 0 atom stereocenters. The second kappa shape index (κ2) is 5.01. The van der Waals surface area contributed by atoms with Gasteiger partial charge in [0, 0.05) is 17.7 Å². The third-order valence-electron chi connectivity index (χ3n) is 2.81. The predicted octanol–water partition coefficient (Wildman–Crippen LogP) is 0.798. The quantitative estimate of drug-likeness (QED) is 0.603. The number of fused-ring (bicyclic) bond motifs is 1. The van der Waals surface area contributed by atoms with Gasteiger partial charge >= 0.3 is 5.97 Å². The summed E-state index contributed by atoms with van der Waals surface area (Å²) in [5.41, 5.74) is 1.49. The average Bonchev–Trinajstić information content (AvgIpc) is 2.73. The Bertz CT molecular complexity index is 591. The van der Waals surface area contributed by atoms with Crippen LogP contribution in [0.5, 0.6) is 0 Å². The van der Waals surface area contributed by atoms with Crippen LogP contribution < -0.4 is 5.32 Å². The number of carbonyl (C=O) groups is 4. The summed E-state index contributed by atoms with van der Waals surface area (Å²) in [5.74, 6) is -2.73. The predicted molar refractivity (Wildman–Crippen MR) is 65.0 cm³/mol. The van der Waals surface area contributed by atoms with E-state index < -0.39 is 17.5 Å². The molecule has 1 aliphatic heterocycles. The van der Waals surface area contributed by atoms with Gasteiger partial charge in [-0.25, -0.2) is 0 Å². The molecule has 1 aromatic carbocycles. The number of hydrogen-bond acceptors (Lipinski definition) is 4. The van der Waals surface area contributed by atoms with Crippen molar-refractivity contribution >= 4 is 29.1 Å². The number of aliphatic carboxylic acids is 1. The van der Waals surface area contributed by atoms with Crippen molar-refractivity contribution < 1.29 is 24.3 Å². The highest BCUT2D eigenvalue weighted by molar-refractivity contribution is 6.43. The van der Waals surface area contributed by atoms with Crippen LogP contribution in [-0.2, 0) is 20.8 Å². The number of benzene rings is 1. The molecule has 6 nitrogen and oxygen atoms in total. The van der Waals surface area contributed by atoms with Crippen LogP contribution >= 0.6 is 0 Å². The van der Waals surface area contributed by atoms with Crippen molar-refractivity contribution in [2.45, 2.75) is 19.3 Å². The maximum Gasteiger partial charge on any atom is 0.303 e. The first-order valence-electron chi connectivity index (χ1n) is 5.69. The standard InChI is InChI=1S/C13H11NO5/c15-10(3-4-12(17)18)13(19)7-1-2-9-8(5-7)6-11(16)14-9/h1-2,5H,3-4,6H2,(H,14,16)(H,17,18). The van der Waals surface area contributed by atoms with Crippen molar-refractivity contribution in [2.24, 2.45) is 0 Å². The molecule has 6 heteroatoms. The zero-order valence-corrected chi connectivity index (χ0v) is 9.93. The molecule has 0 fully saturated rings. The van der Waals surface area contributed by atoms with Gasteiger partial charge in [-0.15, -0.1) is 0 Å². The molecule has 1 aromatic rings. The highest BCUT2D eigenvalue weighted by Gasteiger charge is 2.22. The fourth-order valence-electron chi connectivity index (χ4n) is 1.87. The smallest absolute Gasteiger partial charge is 0.303 e. The van der Waals surface area contributed by atoms with Gasteiger partial charge in [0.05, 0.1) is 12.8 Å². The summed E-state index contributed by atoms with van der Waals surface area (Å²) in [6.07, 6.45) is -0.502. The fourth-order valence-corrected chi connectivity index (χ4v) is 1.87. The Labute approximate surface area is 108 Å². The maximum atomic E-state index is 11.8. The minimum absolute atomic E-state index is 0.156. The van der Waals surface area contributed by atoms with Crippen molar-refractivity contribution in [3.63, 3.8) is 0 Å². The lowest BCUT2D eigenvalue weighted by Gasteiger charge is -2.02. The molecule has 98 valence electrons. The van der Waals surface area contributed by atoms with Crippen molar-refractivity contribution in [2.75, 3.05) is 5.32 Å². The lowest BCUT2D eigenvalue weighted by Crippen LogP contribution is -2.15. The van der Waals surface area contributed by atoms with Gasteiger partial charge in [-0.05, 0) is 23.8 Å². The Balaban J connectivity index is 2.12. The highest BCUT2D eigenvalue weighted by Crippen LogP contribution is 2.24. The van der Waals surface area contributed by atoms with E-state index in [1.54, 1.807) is 6.07 Å². The van der Waals surface area contributed by atoms with Gasteiger partial charge < -0.3 is 10.4 Å². The van der Waals surface area contributed by atoms with Gasteiger partial charge in [0.15, 0.2) is 0 Å². The lowest BCUT2D eigenvalue weighted by atomic mass is 10.0. The molecule has 0 spiro atoms. The van der Waals surface area contributed by atoms with Gasteiger partial charge in [-0.2, -0.15) is 0 Å². The van der Waals surface area contributed by atoms with Crippen LogP contribution in [0.2, 0.25) is 0 Å². The van der Waals surface area contributed by atoms with Gasteiger partial charge in [0.2, 0.25) is 17.5 Å². The largest absolute Gasteiger partial charge is 0.481 e. The summed E-state index contributed by atoms with van der Waals surface area (Å²) in [6.45, 7) is 0. The average molecular weight is 261 g/mol. The first-order valence-corrected chi connectivity index (χ1v) is 5.69. The molecule has 19 heavy (non-hydrogen) atoms. The summed E-state index contributed by atoms with van der Waals surface area (Å²) in [7, 11) is 0. The number of rotatable bonds is 5. The molecule has 2 rings (SSSR count). The van der Waals surface area contributed by atoms with E-state index in [4.69, 9.17) is 5.11 Å².